The van der Waals surface area contributed by atoms with Crippen LogP contribution in [0.5, 0.6) is 5.75 Å². The van der Waals surface area contributed by atoms with Crippen molar-refractivity contribution in [1.82, 2.24) is 5.16 Å². The predicted molar refractivity (Wildman–Crippen MR) is 63.9 cm³/mol. The zero-order valence-corrected chi connectivity index (χ0v) is 10.1. The fourth-order valence-electron chi connectivity index (χ4n) is 1.53. The lowest BCUT2D eigenvalue weighted by molar-refractivity contribution is 0.176. The van der Waals surface area contributed by atoms with Crippen LogP contribution >= 0.6 is 0 Å². The number of aliphatic hydroxyl groups excluding tert-OH is 1. The van der Waals surface area contributed by atoms with Gasteiger partial charge in [0.15, 0.2) is 5.76 Å². The van der Waals surface area contributed by atoms with Gasteiger partial charge in [-0.2, -0.15) is 0 Å². The first-order valence-corrected chi connectivity index (χ1v) is 5.58. The molecule has 5 nitrogen and oxygen atoms in total. The van der Waals surface area contributed by atoms with Crippen molar-refractivity contribution in [1.29, 1.82) is 0 Å². The second-order valence-electron chi connectivity index (χ2n) is 3.81. The zero-order chi connectivity index (χ0) is 12.8. The highest BCUT2D eigenvalue weighted by molar-refractivity contribution is 5.28. The number of aliphatic hydroxyl groups is 1. The van der Waals surface area contributed by atoms with E-state index in [1.165, 1.54) is 0 Å². The van der Waals surface area contributed by atoms with Crippen LogP contribution in [-0.4, -0.2) is 17.4 Å². The number of benzene rings is 1. The fraction of sp³-hybridized carbons (Fsp3) is 0.308. The fourth-order valence-corrected chi connectivity index (χ4v) is 1.53. The van der Waals surface area contributed by atoms with Gasteiger partial charge >= 0.3 is 0 Å². The number of ether oxygens (including phenoxy) is 2. The highest BCUT2D eigenvalue weighted by Gasteiger charge is 2.05. The van der Waals surface area contributed by atoms with Crippen molar-refractivity contribution in [2.24, 2.45) is 0 Å². The topological polar surface area (TPSA) is 64.7 Å². The van der Waals surface area contributed by atoms with Crippen molar-refractivity contribution < 1.29 is 19.1 Å². The highest BCUT2D eigenvalue weighted by Crippen LogP contribution is 2.15. The van der Waals surface area contributed by atoms with Crippen LogP contribution in [0, 0.1) is 0 Å². The average molecular weight is 249 g/mol. The van der Waals surface area contributed by atoms with Gasteiger partial charge in [-0.05, 0) is 17.7 Å². The minimum absolute atomic E-state index is 0.00249. The number of aromatic nitrogens is 1. The maximum absolute atomic E-state index is 9.01. The molecule has 0 aliphatic heterocycles. The lowest BCUT2D eigenvalue weighted by Gasteiger charge is -2.04. The second-order valence-corrected chi connectivity index (χ2v) is 3.81. The quantitative estimate of drug-likeness (QED) is 0.847. The molecule has 1 heterocycles. The Morgan fingerprint density at radius 3 is 2.94 bits per heavy atom. The molecule has 0 saturated carbocycles. The molecule has 0 atom stereocenters. The van der Waals surface area contributed by atoms with Gasteiger partial charge in [0.2, 0.25) is 0 Å². The molecule has 5 heteroatoms. The number of nitrogens with zero attached hydrogens (tertiary/aromatic N) is 1. The Morgan fingerprint density at radius 2 is 2.17 bits per heavy atom. The first-order chi connectivity index (χ1) is 8.81. The van der Waals surface area contributed by atoms with Crippen LogP contribution in [0.15, 0.2) is 34.9 Å². The monoisotopic (exact) mass is 249 g/mol. The Kier molecular flexibility index (Phi) is 4.33. The smallest absolute Gasteiger partial charge is 0.174 e. The maximum Gasteiger partial charge on any atom is 0.174 e. The van der Waals surface area contributed by atoms with E-state index in [1.807, 2.05) is 18.2 Å². The summed E-state index contributed by atoms with van der Waals surface area (Å²) in [7, 11) is 1.60. The molecular weight excluding hydrogens is 234 g/mol. The third-order valence-corrected chi connectivity index (χ3v) is 2.36. The highest BCUT2D eigenvalue weighted by atomic mass is 16.5. The van der Waals surface area contributed by atoms with E-state index in [9.17, 15) is 0 Å². The summed E-state index contributed by atoms with van der Waals surface area (Å²) in [6.07, 6.45) is 0. The number of hydrogen-bond acceptors (Lipinski definition) is 5. The van der Waals surface area contributed by atoms with E-state index in [2.05, 4.69) is 5.16 Å². The molecule has 0 fully saturated rings. The predicted octanol–water partition coefficient (Wildman–Crippen LogP) is 1.89. The molecule has 0 amide bonds. The number of methoxy groups -OCH3 is 1. The van der Waals surface area contributed by atoms with Crippen LogP contribution in [0.25, 0.3) is 0 Å². The van der Waals surface area contributed by atoms with E-state index in [1.54, 1.807) is 19.2 Å². The first kappa shape index (κ1) is 12.6. The summed E-state index contributed by atoms with van der Waals surface area (Å²) in [5.74, 6) is 1.32. The summed E-state index contributed by atoms with van der Waals surface area (Å²) in [6, 6.07) is 9.06. The van der Waals surface area contributed by atoms with Crippen molar-refractivity contribution in [3.63, 3.8) is 0 Å². The van der Waals surface area contributed by atoms with Gasteiger partial charge in [0.25, 0.3) is 0 Å². The van der Waals surface area contributed by atoms with E-state index in [-0.39, 0.29) is 6.61 Å². The lowest BCUT2D eigenvalue weighted by Crippen LogP contribution is -1.94. The van der Waals surface area contributed by atoms with E-state index >= 15 is 0 Å². The minimum Gasteiger partial charge on any atom is -0.486 e. The van der Waals surface area contributed by atoms with Crippen LogP contribution in [0.2, 0.25) is 0 Å². The lowest BCUT2D eigenvalue weighted by atomic mass is 10.2. The van der Waals surface area contributed by atoms with Crippen LogP contribution in [0.3, 0.4) is 0 Å². The van der Waals surface area contributed by atoms with Gasteiger partial charge in [0, 0.05) is 13.2 Å². The first-order valence-electron chi connectivity index (χ1n) is 5.58. The average Bonchev–Trinajstić information content (AvgIpc) is 2.85. The summed E-state index contributed by atoms with van der Waals surface area (Å²) >= 11 is 0. The normalized spacial score (nSPS) is 10.6. The molecule has 0 spiro atoms. The van der Waals surface area contributed by atoms with E-state index in [4.69, 9.17) is 19.1 Å². The molecule has 0 radical (unpaired) electrons. The van der Waals surface area contributed by atoms with Crippen LogP contribution in [0.4, 0.5) is 0 Å². The van der Waals surface area contributed by atoms with Gasteiger partial charge in [-0.25, -0.2) is 0 Å². The standard InChI is InChI=1S/C13H15NO4/c1-16-8-11-6-13(18-14-11)9-17-12-4-2-3-10(5-12)7-15/h2-6,15H,7-9H2,1H3. The Bertz CT molecular complexity index is 495. The van der Waals surface area contributed by atoms with Crippen molar-refractivity contribution in [2.45, 2.75) is 19.8 Å². The van der Waals surface area contributed by atoms with Gasteiger partial charge in [0.1, 0.15) is 18.1 Å². The summed E-state index contributed by atoms with van der Waals surface area (Å²) in [5.41, 5.74) is 1.55. The Hall–Kier alpha value is -1.85. The summed E-state index contributed by atoms with van der Waals surface area (Å²) in [5, 5.41) is 12.8. The summed E-state index contributed by atoms with van der Waals surface area (Å²) in [6.45, 7) is 0.715. The van der Waals surface area contributed by atoms with Gasteiger partial charge < -0.3 is 19.1 Å². The van der Waals surface area contributed by atoms with Crippen LogP contribution < -0.4 is 4.74 Å². The molecule has 1 aromatic carbocycles. The molecule has 2 aromatic rings. The van der Waals surface area contributed by atoms with Gasteiger partial charge in [-0.3, -0.25) is 0 Å². The number of hydrogen-bond donors (Lipinski definition) is 1. The van der Waals surface area contributed by atoms with E-state index < -0.39 is 0 Å². The Labute approximate surface area is 105 Å². The van der Waals surface area contributed by atoms with Crippen molar-refractivity contribution in [2.75, 3.05) is 7.11 Å². The molecule has 0 unspecified atom stereocenters. The Balaban J connectivity index is 1.93. The Morgan fingerprint density at radius 1 is 1.28 bits per heavy atom. The van der Waals surface area contributed by atoms with Gasteiger partial charge in [-0.15, -0.1) is 0 Å². The largest absolute Gasteiger partial charge is 0.486 e. The minimum atomic E-state index is -0.00249. The zero-order valence-electron chi connectivity index (χ0n) is 10.1. The molecule has 96 valence electrons. The van der Waals surface area contributed by atoms with Crippen molar-refractivity contribution in [3.05, 3.63) is 47.3 Å². The molecule has 0 saturated heterocycles. The van der Waals surface area contributed by atoms with E-state index in [0.717, 1.165) is 11.3 Å². The summed E-state index contributed by atoms with van der Waals surface area (Å²) < 4.78 is 15.6. The molecule has 2 rings (SSSR count). The number of rotatable bonds is 6. The molecule has 18 heavy (non-hydrogen) atoms. The molecule has 0 bridgehead atoms. The van der Waals surface area contributed by atoms with Crippen LogP contribution in [-0.2, 0) is 24.6 Å². The molecular formula is C13H15NO4. The summed E-state index contributed by atoms with van der Waals surface area (Å²) in [4.78, 5) is 0. The molecule has 1 N–H and O–H groups in total. The third kappa shape index (κ3) is 3.32. The third-order valence-electron chi connectivity index (χ3n) is 2.36. The molecule has 0 aliphatic carbocycles. The SMILES string of the molecule is COCc1cc(COc2cccc(CO)c2)on1. The van der Waals surface area contributed by atoms with Crippen LogP contribution in [0.1, 0.15) is 17.0 Å². The maximum atomic E-state index is 9.01. The van der Waals surface area contributed by atoms with E-state index in [0.29, 0.717) is 24.7 Å². The van der Waals surface area contributed by atoms with Gasteiger partial charge in [-0.1, -0.05) is 17.3 Å². The van der Waals surface area contributed by atoms with Crippen molar-refractivity contribution >= 4 is 0 Å². The second kappa shape index (κ2) is 6.18. The molecule has 1 aromatic heterocycles. The van der Waals surface area contributed by atoms with Gasteiger partial charge in [0.05, 0.1) is 13.2 Å². The van der Waals surface area contributed by atoms with Crippen molar-refractivity contribution in [3.8, 4) is 5.75 Å². The molecule has 0 aliphatic rings.